The SMILES string of the molecule is O=C(NC1CC1c1ccccc1)[C@@H]1CC[C@H](C(=O)O)O1. The van der Waals surface area contributed by atoms with Gasteiger partial charge >= 0.3 is 5.97 Å². The first-order valence-corrected chi connectivity index (χ1v) is 6.88. The van der Waals surface area contributed by atoms with E-state index in [1.807, 2.05) is 18.2 Å². The van der Waals surface area contributed by atoms with Crippen LogP contribution < -0.4 is 5.32 Å². The number of nitrogens with one attached hydrogen (secondary N) is 1. The zero-order valence-electron chi connectivity index (χ0n) is 11.0. The molecule has 0 bridgehead atoms. The van der Waals surface area contributed by atoms with Crippen LogP contribution in [0.2, 0.25) is 0 Å². The van der Waals surface area contributed by atoms with Crippen LogP contribution in [0, 0.1) is 0 Å². The van der Waals surface area contributed by atoms with E-state index < -0.39 is 18.2 Å². The molecule has 0 radical (unpaired) electrons. The zero-order chi connectivity index (χ0) is 14.1. The largest absolute Gasteiger partial charge is 0.479 e. The Kier molecular flexibility index (Phi) is 3.44. The van der Waals surface area contributed by atoms with Gasteiger partial charge in [0.2, 0.25) is 5.91 Å². The van der Waals surface area contributed by atoms with Gasteiger partial charge in [0.15, 0.2) is 6.10 Å². The van der Waals surface area contributed by atoms with Crippen LogP contribution in [-0.4, -0.2) is 35.2 Å². The Labute approximate surface area is 116 Å². The predicted molar refractivity (Wildman–Crippen MR) is 71.3 cm³/mol. The first-order valence-electron chi connectivity index (χ1n) is 6.88. The number of hydrogen-bond acceptors (Lipinski definition) is 3. The maximum Gasteiger partial charge on any atom is 0.332 e. The topological polar surface area (TPSA) is 75.6 Å². The first kappa shape index (κ1) is 13.1. The number of amides is 1. The van der Waals surface area contributed by atoms with E-state index in [0.717, 1.165) is 6.42 Å². The Morgan fingerprint density at radius 1 is 1.15 bits per heavy atom. The van der Waals surface area contributed by atoms with Gasteiger partial charge in [0.25, 0.3) is 0 Å². The third-order valence-electron chi connectivity index (χ3n) is 3.93. The van der Waals surface area contributed by atoms with Gasteiger partial charge in [-0.25, -0.2) is 4.79 Å². The summed E-state index contributed by atoms with van der Waals surface area (Å²) in [6.07, 6.45) is 0.360. The van der Waals surface area contributed by atoms with Crippen molar-refractivity contribution in [2.75, 3.05) is 0 Å². The summed E-state index contributed by atoms with van der Waals surface area (Å²) >= 11 is 0. The minimum absolute atomic E-state index is 0.150. The molecule has 2 fully saturated rings. The fourth-order valence-corrected chi connectivity index (χ4v) is 2.71. The second kappa shape index (κ2) is 5.25. The molecule has 2 aliphatic rings. The smallest absolute Gasteiger partial charge is 0.332 e. The van der Waals surface area contributed by atoms with Crippen molar-refractivity contribution < 1.29 is 19.4 Å². The van der Waals surface area contributed by atoms with Gasteiger partial charge in [-0.1, -0.05) is 30.3 Å². The summed E-state index contributed by atoms with van der Waals surface area (Å²) < 4.78 is 5.24. The summed E-state index contributed by atoms with van der Waals surface area (Å²) in [6, 6.07) is 10.2. The normalized spacial score (nSPS) is 31.8. The van der Waals surface area contributed by atoms with Gasteiger partial charge in [0.1, 0.15) is 6.10 Å². The number of hydrogen-bond donors (Lipinski definition) is 2. The Morgan fingerprint density at radius 3 is 2.50 bits per heavy atom. The quantitative estimate of drug-likeness (QED) is 0.868. The molecule has 1 aliphatic carbocycles. The molecule has 1 saturated carbocycles. The highest BCUT2D eigenvalue weighted by Gasteiger charge is 2.42. The Hall–Kier alpha value is -1.88. The van der Waals surface area contributed by atoms with Crippen molar-refractivity contribution in [1.82, 2.24) is 5.32 Å². The molecule has 1 aromatic rings. The maximum absolute atomic E-state index is 12.0. The molecule has 1 amide bonds. The predicted octanol–water partition coefficient (Wildman–Crippen LogP) is 1.29. The molecule has 0 aromatic heterocycles. The summed E-state index contributed by atoms with van der Waals surface area (Å²) in [5.74, 6) is -0.803. The van der Waals surface area contributed by atoms with Gasteiger partial charge in [-0.15, -0.1) is 0 Å². The molecule has 1 aromatic carbocycles. The zero-order valence-corrected chi connectivity index (χ0v) is 11.0. The van der Waals surface area contributed by atoms with Crippen molar-refractivity contribution in [2.24, 2.45) is 0 Å². The van der Waals surface area contributed by atoms with Crippen molar-refractivity contribution in [3.05, 3.63) is 35.9 Å². The molecule has 20 heavy (non-hydrogen) atoms. The lowest BCUT2D eigenvalue weighted by Crippen LogP contribution is -2.37. The molecule has 1 heterocycles. The number of carbonyl (C=O) groups excluding carboxylic acids is 1. The first-order chi connectivity index (χ1) is 9.65. The second-order valence-corrected chi connectivity index (χ2v) is 5.40. The standard InChI is InChI=1S/C15H17NO4/c17-14(12-6-7-13(20-12)15(18)19)16-11-8-10(11)9-4-2-1-3-5-9/h1-5,10-13H,6-8H2,(H,16,17)(H,18,19)/t10?,11?,12-,13+/m0/s1. The molecule has 4 atom stereocenters. The number of carbonyl (C=O) groups is 2. The van der Waals surface area contributed by atoms with Crippen LogP contribution in [0.4, 0.5) is 0 Å². The molecule has 5 heteroatoms. The van der Waals surface area contributed by atoms with Crippen molar-refractivity contribution in [3.63, 3.8) is 0 Å². The minimum atomic E-state index is -0.992. The lowest BCUT2D eigenvalue weighted by Gasteiger charge is -2.11. The van der Waals surface area contributed by atoms with Crippen molar-refractivity contribution in [2.45, 2.75) is 43.4 Å². The monoisotopic (exact) mass is 275 g/mol. The van der Waals surface area contributed by atoms with Crippen LogP contribution in [0.15, 0.2) is 30.3 Å². The number of carboxylic acid groups (broad SMARTS) is 1. The van der Waals surface area contributed by atoms with Crippen LogP contribution in [0.3, 0.4) is 0 Å². The van der Waals surface area contributed by atoms with Crippen LogP contribution >= 0.6 is 0 Å². The van der Waals surface area contributed by atoms with E-state index in [4.69, 9.17) is 9.84 Å². The highest BCUT2D eigenvalue weighted by Crippen LogP contribution is 2.40. The van der Waals surface area contributed by atoms with Crippen LogP contribution in [-0.2, 0) is 14.3 Å². The number of ether oxygens (including phenoxy) is 1. The molecule has 2 N–H and O–H groups in total. The molecule has 2 unspecified atom stereocenters. The molecule has 5 nitrogen and oxygen atoms in total. The van der Waals surface area contributed by atoms with E-state index in [2.05, 4.69) is 17.4 Å². The number of carboxylic acids is 1. The van der Waals surface area contributed by atoms with Crippen LogP contribution in [0.25, 0.3) is 0 Å². The Morgan fingerprint density at radius 2 is 1.85 bits per heavy atom. The molecule has 0 spiro atoms. The number of benzene rings is 1. The van der Waals surface area contributed by atoms with Crippen LogP contribution in [0.5, 0.6) is 0 Å². The highest BCUT2D eigenvalue weighted by atomic mass is 16.5. The fourth-order valence-electron chi connectivity index (χ4n) is 2.71. The van der Waals surface area contributed by atoms with Crippen molar-refractivity contribution >= 4 is 11.9 Å². The lowest BCUT2D eigenvalue weighted by atomic mass is 10.1. The molecule has 3 rings (SSSR count). The summed E-state index contributed by atoms with van der Waals surface area (Å²) in [4.78, 5) is 22.8. The van der Waals surface area contributed by atoms with Gasteiger partial charge in [-0.2, -0.15) is 0 Å². The van der Waals surface area contributed by atoms with E-state index >= 15 is 0 Å². The lowest BCUT2D eigenvalue weighted by molar-refractivity contribution is -0.151. The number of aliphatic carboxylic acids is 1. The van der Waals surface area contributed by atoms with E-state index in [0.29, 0.717) is 18.8 Å². The third kappa shape index (κ3) is 2.67. The molecular formula is C15H17NO4. The van der Waals surface area contributed by atoms with Gasteiger partial charge in [0, 0.05) is 12.0 Å². The summed E-state index contributed by atoms with van der Waals surface area (Å²) in [7, 11) is 0. The van der Waals surface area contributed by atoms with Crippen molar-refractivity contribution in [3.8, 4) is 0 Å². The molecular weight excluding hydrogens is 258 g/mol. The molecule has 106 valence electrons. The third-order valence-corrected chi connectivity index (χ3v) is 3.93. The van der Waals surface area contributed by atoms with E-state index in [9.17, 15) is 9.59 Å². The average Bonchev–Trinajstić information content (AvgIpc) is 3.02. The van der Waals surface area contributed by atoms with E-state index in [1.165, 1.54) is 5.56 Å². The number of rotatable bonds is 4. The molecule has 1 aliphatic heterocycles. The van der Waals surface area contributed by atoms with Gasteiger partial charge in [0.05, 0.1) is 0 Å². The van der Waals surface area contributed by atoms with Crippen LogP contribution in [0.1, 0.15) is 30.7 Å². The Balaban J connectivity index is 1.51. The van der Waals surface area contributed by atoms with E-state index in [1.54, 1.807) is 0 Å². The maximum atomic E-state index is 12.0. The van der Waals surface area contributed by atoms with Crippen molar-refractivity contribution in [1.29, 1.82) is 0 Å². The second-order valence-electron chi connectivity index (χ2n) is 5.40. The summed E-state index contributed by atoms with van der Waals surface area (Å²) in [5, 5.41) is 11.8. The highest BCUT2D eigenvalue weighted by molar-refractivity contribution is 5.83. The minimum Gasteiger partial charge on any atom is -0.479 e. The van der Waals surface area contributed by atoms with Gasteiger partial charge < -0.3 is 15.2 Å². The summed E-state index contributed by atoms with van der Waals surface area (Å²) in [6.45, 7) is 0. The van der Waals surface area contributed by atoms with Gasteiger partial charge in [-0.3, -0.25) is 4.79 Å². The van der Waals surface area contributed by atoms with Gasteiger partial charge in [-0.05, 0) is 24.8 Å². The Bertz CT molecular complexity index is 516. The average molecular weight is 275 g/mol. The molecule has 1 saturated heterocycles. The summed E-state index contributed by atoms with van der Waals surface area (Å²) in [5.41, 5.74) is 1.23. The fraction of sp³-hybridized carbons (Fsp3) is 0.467. The van der Waals surface area contributed by atoms with E-state index in [-0.39, 0.29) is 11.9 Å².